The lowest BCUT2D eigenvalue weighted by atomic mass is 9.75. The summed E-state index contributed by atoms with van der Waals surface area (Å²) in [5.74, 6) is -0.116. The second kappa shape index (κ2) is 12.8. The highest BCUT2D eigenvalue weighted by molar-refractivity contribution is 5.96. The van der Waals surface area contributed by atoms with Gasteiger partial charge in [0.1, 0.15) is 12.2 Å². The number of rotatable bonds is 9. The smallest absolute Gasteiger partial charge is 0.416 e. The molecule has 0 saturated carbocycles. The molecule has 0 aromatic heterocycles. The summed E-state index contributed by atoms with van der Waals surface area (Å²) in [5.41, 5.74) is 0.818. The summed E-state index contributed by atoms with van der Waals surface area (Å²) in [5, 5.41) is 0. The first-order valence-electron chi connectivity index (χ1n) is 15.8. The molecule has 3 aliphatic rings. The van der Waals surface area contributed by atoms with Crippen molar-refractivity contribution >= 4 is 18.1 Å². The third-order valence-electron chi connectivity index (χ3n) is 8.86. The van der Waals surface area contributed by atoms with Crippen LogP contribution in [0, 0.1) is 11.3 Å². The molecular formula is C35H46N2O8. The van der Waals surface area contributed by atoms with Crippen LogP contribution in [0.2, 0.25) is 0 Å². The van der Waals surface area contributed by atoms with Crippen LogP contribution in [0.15, 0.2) is 42.5 Å². The molecule has 244 valence electrons. The van der Waals surface area contributed by atoms with Gasteiger partial charge in [-0.1, -0.05) is 57.5 Å². The van der Waals surface area contributed by atoms with E-state index in [9.17, 15) is 14.4 Å². The molecule has 2 aromatic carbocycles. The molecule has 2 aromatic rings. The minimum absolute atomic E-state index is 0.0564. The van der Waals surface area contributed by atoms with Gasteiger partial charge >= 0.3 is 12.2 Å². The number of hydrogen-bond acceptors (Lipinski definition) is 8. The van der Waals surface area contributed by atoms with Gasteiger partial charge in [0.05, 0.1) is 19.1 Å². The minimum atomic E-state index is -0.761. The van der Waals surface area contributed by atoms with Gasteiger partial charge in [0, 0.05) is 18.5 Å². The molecule has 0 bridgehead atoms. The zero-order valence-electron chi connectivity index (χ0n) is 27.5. The van der Waals surface area contributed by atoms with Crippen LogP contribution in [0.1, 0.15) is 77.8 Å². The van der Waals surface area contributed by atoms with Crippen LogP contribution in [0.25, 0.3) is 0 Å². The Balaban J connectivity index is 1.60. The van der Waals surface area contributed by atoms with Crippen molar-refractivity contribution in [1.29, 1.82) is 0 Å². The van der Waals surface area contributed by atoms with Crippen LogP contribution in [0.4, 0.5) is 9.59 Å². The van der Waals surface area contributed by atoms with E-state index in [1.165, 1.54) is 4.90 Å². The van der Waals surface area contributed by atoms with Crippen LogP contribution < -0.4 is 14.2 Å². The van der Waals surface area contributed by atoms with Gasteiger partial charge in [-0.05, 0) is 68.7 Å². The lowest BCUT2D eigenvalue weighted by Gasteiger charge is -2.36. The first kappa shape index (κ1) is 32.4. The normalized spacial score (nSPS) is 22.9. The zero-order chi connectivity index (χ0) is 32.5. The maximum atomic E-state index is 14.9. The fourth-order valence-electron chi connectivity index (χ4n) is 6.98. The first-order chi connectivity index (χ1) is 21.3. The van der Waals surface area contributed by atoms with E-state index < -0.39 is 41.7 Å². The van der Waals surface area contributed by atoms with E-state index in [1.807, 2.05) is 63.2 Å². The standard InChI is InChI=1S/C35H46N2O8/c1-8-14-35(5,6)18-26-29(31(38)37-24(20-42-33(37)40)15-22-12-10-9-11-13-22)25(19-36(26)32(39)45-34(2,3)4)23-16-27(41-7)30-28(17-23)43-21-44-30/h9-13,16-17,24-26,29H,8,14-15,18-21H2,1-7H3/t24-,25-,26+,29-/m0/s1. The van der Waals surface area contributed by atoms with E-state index in [1.54, 1.807) is 12.0 Å². The Morgan fingerprint density at radius 3 is 2.42 bits per heavy atom. The van der Waals surface area contributed by atoms with E-state index in [2.05, 4.69) is 20.8 Å². The third kappa shape index (κ3) is 6.99. The SMILES string of the molecule is CCCC(C)(C)C[C@@H]1[C@@H](C(=O)N2C(=O)OC[C@@H]2Cc2ccccc2)[C@H](c2cc(OC)c3c(c2)OCO3)CN1C(=O)OC(C)(C)C. The van der Waals surface area contributed by atoms with Gasteiger partial charge in [-0.2, -0.15) is 0 Å². The lowest BCUT2D eigenvalue weighted by molar-refractivity contribution is -0.134. The van der Waals surface area contributed by atoms with Crippen LogP contribution in [-0.2, 0) is 20.7 Å². The van der Waals surface area contributed by atoms with Gasteiger partial charge in [0.2, 0.25) is 18.4 Å². The largest absolute Gasteiger partial charge is 0.493 e. The second-order valence-electron chi connectivity index (χ2n) is 14.0. The number of cyclic esters (lactones) is 1. The van der Waals surface area contributed by atoms with Gasteiger partial charge in [0.25, 0.3) is 0 Å². The van der Waals surface area contributed by atoms with Crippen LogP contribution in [-0.4, -0.2) is 72.6 Å². The van der Waals surface area contributed by atoms with Crippen molar-refractivity contribution in [3.8, 4) is 17.2 Å². The number of likely N-dealkylation sites (tertiary alicyclic amines) is 1. The fraction of sp³-hybridized carbons (Fsp3) is 0.571. The van der Waals surface area contributed by atoms with Crippen LogP contribution >= 0.6 is 0 Å². The molecule has 0 spiro atoms. The number of carbonyl (C=O) groups excluding carboxylic acids is 3. The lowest BCUT2D eigenvalue weighted by Crippen LogP contribution is -2.50. The molecule has 0 N–H and O–H groups in total. The van der Waals surface area contributed by atoms with E-state index in [0.29, 0.717) is 30.1 Å². The Labute approximate surface area is 265 Å². The summed E-state index contributed by atoms with van der Waals surface area (Å²) in [6.45, 7) is 12.3. The molecule has 10 nitrogen and oxygen atoms in total. The third-order valence-corrected chi connectivity index (χ3v) is 8.86. The summed E-state index contributed by atoms with van der Waals surface area (Å²) < 4.78 is 28.4. The zero-order valence-corrected chi connectivity index (χ0v) is 27.5. The van der Waals surface area contributed by atoms with Gasteiger partial charge in [-0.15, -0.1) is 0 Å². The second-order valence-corrected chi connectivity index (χ2v) is 14.0. The molecular weight excluding hydrogens is 576 g/mol. The van der Waals surface area contributed by atoms with Gasteiger partial charge in [-0.3, -0.25) is 4.79 Å². The maximum absolute atomic E-state index is 14.9. The van der Waals surface area contributed by atoms with Crippen molar-refractivity contribution in [2.75, 3.05) is 27.1 Å². The molecule has 0 radical (unpaired) electrons. The number of nitrogens with zero attached hydrogens (tertiary/aromatic N) is 2. The molecule has 10 heteroatoms. The summed E-state index contributed by atoms with van der Waals surface area (Å²) >= 11 is 0. The molecule has 4 atom stereocenters. The highest BCUT2D eigenvalue weighted by Crippen LogP contribution is 2.49. The van der Waals surface area contributed by atoms with E-state index in [4.69, 9.17) is 23.7 Å². The number of ether oxygens (including phenoxy) is 5. The van der Waals surface area contributed by atoms with Gasteiger partial charge in [0.15, 0.2) is 11.5 Å². The number of carbonyl (C=O) groups is 3. The van der Waals surface area contributed by atoms with Gasteiger partial charge < -0.3 is 28.6 Å². The van der Waals surface area contributed by atoms with Crippen molar-refractivity contribution in [1.82, 2.24) is 9.80 Å². The Morgan fingerprint density at radius 2 is 1.76 bits per heavy atom. The Kier molecular flexibility index (Phi) is 9.23. The highest BCUT2D eigenvalue weighted by atomic mass is 16.7. The van der Waals surface area contributed by atoms with Crippen molar-refractivity contribution in [2.45, 2.75) is 90.8 Å². The summed E-state index contributed by atoms with van der Waals surface area (Å²) in [6, 6.07) is 12.4. The van der Waals surface area contributed by atoms with Crippen molar-refractivity contribution in [3.63, 3.8) is 0 Å². The molecule has 2 fully saturated rings. The molecule has 0 unspecified atom stereocenters. The average molecular weight is 623 g/mol. The first-order valence-corrected chi connectivity index (χ1v) is 15.8. The van der Waals surface area contributed by atoms with Crippen LogP contribution in [0.5, 0.6) is 17.2 Å². The maximum Gasteiger partial charge on any atom is 0.416 e. The van der Waals surface area contributed by atoms with E-state index >= 15 is 0 Å². The quantitative estimate of drug-likeness (QED) is 0.310. The number of hydrogen-bond donors (Lipinski definition) is 0. The Bertz CT molecular complexity index is 1400. The minimum Gasteiger partial charge on any atom is -0.493 e. The number of fused-ring (bicyclic) bond motifs is 1. The molecule has 45 heavy (non-hydrogen) atoms. The molecule has 0 aliphatic carbocycles. The number of benzene rings is 2. The Morgan fingerprint density at radius 1 is 1.02 bits per heavy atom. The predicted octanol–water partition coefficient (Wildman–Crippen LogP) is 6.55. The van der Waals surface area contributed by atoms with E-state index in [0.717, 1.165) is 24.0 Å². The average Bonchev–Trinajstić information content (AvgIpc) is 3.68. The van der Waals surface area contributed by atoms with E-state index in [-0.39, 0.29) is 31.3 Å². The van der Waals surface area contributed by atoms with Crippen molar-refractivity contribution in [2.24, 2.45) is 11.3 Å². The summed E-state index contributed by atoms with van der Waals surface area (Å²) in [6.07, 6.45) is 1.71. The monoisotopic (exact) mass is 622 g/mol. The van der Waals surface area contributed by atoms with Crippen molar-refractivity contribution < 1.29 is 38.1 Å². The fourth-order valence-corrected chi connectivity index (χ4v) is 6.98. The Hall–Kier alpha value is -3.95. The van der Waals surface area contributed by atoms with Crippen LogP contribution in [0.3, 0.4) is 0 Å². The summed E-state index contributed by atoms with van der Waals surface area (Å²) in [7, 11) is 1.55. The topological polar surface area (TPSA) is 104 Å². The number of imide groups is 1. The van der Waals surface area contributed by atoms with Gasteiger partial charge in [-0.25, -0.2) is 14.5 Å². The molecule has 3 aliphatic heterocycles. The molecule has 3 heterocycles. The number of amides is 3. The summed E-state index contributed by atoms with van der Waals surface area (Å²) in [4.78, 5) is 45.0. The predicted molar refractivity (Wildman–Crippen MR) is 168 cm³/mol. The molecule has 3 amide bonds. The van der Waals surface area contributed by atoms with Crippen molar-refractivity contribution in [3.05, 3.63) is 53.6 Å². The highest BCUT2D eigenvalue weighted by Gasteiger charge is 2.54. The molecule has 2 saturated heterocycles. The molecule has 5 rings (SSSR count). The number of methoxy groups -OCH3 is 1.